The highest BCUT2D eigenvalue weighted by atomic mass is 16.5. The minimum Gasteiger partial charge on any atom is -0.481 e. The fourth-order valence-corrected chi connectivity index (χ4v) is 1.72. The Morgan fingerprint density at radius 3 is 2.24 bits per heavy atom. The van der Waals surface area contributed by atoms with Crippen LogP contribution in [0.3, 0.4) is 0 Å². The zero-order valence-electron chi connectivity index (χ0n) is 10.7. The molecule has 0 saturated carbocycles. The van der Waals surface area contributed by atoms with Crippen LogP contribution < -0.4 is 0 Å². The third-order valence-electron chi connectivity index (χ3n) is 2.44. The smallest absolute Gasteiger partial charge is 0.336 e. The summed E-state index contributed by atoms with van der Waals surface area (Å²) in [7, 11) is 0. The highest BCUT2D eigenvalue weighted by Crippen LogP contribution is 2.26. The monoisotopic (exact) mass is 246 g/mol. The van der Waals surface area contributed by atoms with Gasteiger partial charge in [0.15, 0.2) is 5.60 Å². The van der Waals surface area contributed by atoms with Crippen molar-refractivity contribution in [3.8, 4) is 0 Å². The standard InChI is InChI=1S/C12H22O5/c1-4-5-6-17-12(11(15)16,7-9(2)3)8-10(13)14/h9H,4-8H2,1-3H3,(H,13,14)(H,15,16)/t12-/m1/s1. The Morgan fingerprint density at radius 2 is 1.88 bits per heavy atom. The third-order valence-corrected chi connectivity index (χ3v) is 2.44. The van der Waals surface area contributed by atoms with Crippen LogP contribution in [0.2, 0.25) is 0 Å². The van der Waals surface area contributed by atoms with Gasteiger partial charge < -0.3 is 14.9 Å². The largest absolute Gasteiger partial charge is 0.481 e. The van der Waals surface area contributed by atoms with Crippen LogP contribution in [0.4, 0.5) is 0 Å². The lowest BCUT2D eigenvalue weighted by atomic mass is 9.89. The number of unbranched alkanes of at least 4 members (excludes halogenated alkanes) is 1. The van der Waals surface area contributed by atoms with E-state index in [4.69, 9.17) is 9.84 Å². The van der Waals surface area contributed by atoms with E-state index >= 15 is 0 Å². The van der Waals surface area contributed by atoms with E-state index in [0.717, 1.165) is 12.8 Å². The van der Waals surface area contributed by atoms with Crippen molar-refractivity contribution in [3.05, 3.63) is 0 Å². The fourth-order valence-electron chi connectivity index (χ4n) is 1.72. The minimum absolute atomic E-state index is 0.0621. The molecule has 2 N–H and O–H groups in total. The highest BCUT2D eigenvalue weighted by molar-refractivity contribution is 5.84. The predicted molar refractivity (Wildman–Crippen MR) is 62.9 cm³/mol. The number of aliphatic carboxylic acids is 2. The number of rotatable bonds is 9. The lowest BCUT2D eigenvalue weighted by Gasteiger charge is -2.29. The van der Waals surface area contributed by atoms with E-state index < -0.39 is 24.0 Å². The van der Waals surface area contributed by atoms with Crippen LogP contribution in [0.25, 0.3) is 0 Å². The maximum absolute atomic E-state index is 11.3. The molecule has 100 valence electrons. The summed E-state index contributed by atoms with van der Waals surface area (Å²) in [4.78, 5) is 22.1. The van der Waals surface area contributed by atoms with Gasteiger partial charge in [-0.2, -0.15) is 0 Å². The normalized spacial score (nSPS) is 14.6. The maximum atomic E-state index is 11.3. The molecule has 5 heteroatoms. The van der Waals surface area contributed by atoms with Gasteiger partial charge in [0.2, 0.25) is 0 Å². The molecule has 0 aromatic rings. The highest BCUT2D eigenvalue weighted by Gasteiger charge is 2.42. The second-order valence-corrected chi connectivity index (χ2v) is 4.67. The molecule has 0 radical (unpaired) electrons. The van der Waals surface area contributed by atoms with E-state index in [9.17, 15) is 14.7 Å². The Labute approximate surface area is 102 Å². The summed E-state index contributed by atoms with van der Waals surface area (Å²) in [6.07, 6.45) is 1.32. The van der Waals surface area contributed by atoms with E-state index in [1.807, 2.05) is 20.8 Å². The summed E-state index contributed by atoms with van der Waals surface area (Å²) in [5, 5.41) is 18.1. The first-order chi connectivity index (χ1) is 7.84. The van der Waals surface area contributed by atoms with E-state index in [1.165, 1.54) is 0 Å². The first kappa shape index (κ1) is 15.9. The van der Waals surface area contributed by atoms with Gasteiger partial charge in [0.1, 0.15) is 0 Å². The molecule has 0 aromatic carbocycles. The Bertz CT molecular complexity index is 262. The topological polar surface area (TPSA) is 83.8 Å². The molecule has 0 unspecified atom stereocenters. The fraction of sp³-hybridized carbons (Fsp3) is 0.833. The number of hydrogen-bond acceptors (Lipinski definition) is 3. The summed E-state index contributed by atoms with van der Waals surface area (Å²) < 4.78 is 5.37. The molecule has 0 fully saturated rings. The quantitative estimate of drug-likeness (QED) is 0.609. The predicted octanol–water partition coefficient (Wildman–Crippen LogP) is 2.15. The lowest BCUT2D eigenvalue weighted by Crippen LogP contribution is -2.45. The van der Waals surface area contributed by atoms with Gasteiger partial charge in [-0.25, -0.2) is 4.79 Å². The molecular weight excluding hydrogens is 224 g/mol. The van der Waals surface area contributed by atoms with Crippen molar-refractivity contribution in [2.75, 3.05) is 6.61 Å². The molecule has 5 nitrogen and oxygen atoms in total. The van der Waals surface area contributed by atoms with Crippen molar-refractivity contribution in [3.63, 3.8) is 0 Å². The third kappa shape index (κ3) is 5.68. The minimum atomic E-state index is -1.59. The van der Waals surface area contributed by atoms with Crippen molar-refractivity contribution in [2.45, 2.75) is 52.1 Å². The number of carboxylic acids is 2. The van der Waals surface area contributed by atoms with Gasteiger partial charge in [0, 0.05) is 6.61 Å². The second-order valence-electron chi connectivity index (χ2n) is 4.67. The summed E-state index contributed by atoms with van der Waals surface area (Å²) in [5.74, 6) is -2.28. The van der Waals surface area contributed by atoms with Crippen LogP contribution in [0, 0.1) is 5.92 Å². The van der Waals surface area contributed by atoms with Gasteiger partial charge in [0.25, 0.3) is 0 Å². The lowest BCUT2D eigenvalue weighted by molar-refractivity contribution is -0.175. The number of carbonyl (C=O) groups is 2. The second kappa shape index (κ2) is 7.27. The summed E-state index contributed by atoms with van der Waals surface area (Å²) in [6.45, 7) is 5.94. The van der Waals surface area contributed by atoms with E-state index in [1.54, 1.807) is 0 Å². The van der Waals surface area contributed by atoms with Crippen molar-refractivity contribution in [2.24, 2.45) is 5.92 Å². The van der Waals surface area contributed by atoms with Gasteiger partial charge >= 0.3 is 11.9 Å². The van der Waals surface area contributed by atoms with Crippen molar-refractivity contribution >= 4 is 11.9 Å². The van der Waals surface area contributed by atoms with Crippen molar-refractivity contribution in [1.82, 2.24) is 0 Å². The van der Waals surface area contributed by atoms with Crippen LogP contribution in [0.15, 0.2) is 0 Å². The summed E-state index contributed by atoms with van der Waals surface area (Å²) >= 11 is 0. The molecule has 0 aliphatic rings. The van der Waals surface area contributed by atoms with Crippen LogP contribution in [-0.2, 0) is 14.3 Å². The Kier molecular flexibility index (Phi) is 6.80. The average Bonchev–Trinajstić information content (AvgIpc) is 2.15. The molecule has 0 saturated heterocycles. The van der Waals surface area contributed by atoms with Gasteiger partial charge in [-0.15, -0.1) is 0 Å². The van der Waals surface area contributed by atoms with Gasteiger partial charge in [-0.3, -0.25) is 4.79 Å². The molecule has 0 amide bonds. The van der Waals surface area contributed by atoms with E-state index in [2.05, 4.69) is 0 Å². The Balaban J connectivity index is 4.81. The van der Waals surface area contributed by atoms with Crippen LogP contribution in [-0.4, -0.2) is 34.4 Å². The molecule has 0 heterocycles. The first-order valence-electron chi connectivity index (χ1n) is 5.93. The number of ether oxygens (including phenoxy) is 1. The SMILES string of the molecule is CCCCO[C@@](CC(=O)O)(CC(C)C)C(=O)O. The summed E-state index contributed by atoms with van der Waals surface area (Å²) in [6, 6.07) is 0. The molecule has 0 aromatic heterocycles. The van der Waals surface area contributed by atoms with E-state index in [0.29, 0.717) is 0 Å². The first-order valence-corrected chi connectivity index (χ1v) is 5.93. The molecule has 1 atom stereocenters. The van der Waals surface area contributed by atoms with Crippen LogP contribution in [0.5, 0.6) is 0 Å². The molecule has 0 aliphatic carbocycles. The van der Waals surface area contributed by atoms with Gasteiger partial charge in [0.05, 0.1) is 6.42 Å². The van der Waals surface area contributed by atoms with Crippen molar-refractivity contribution < 1.29 is 24.5 Å². The Morgan fingerprint density at radius 1 is 1.29 bits per heavy atom. The molecule has 0 bridgehead atoms. The van der Waals surface area contributed by atoms with Gasteiger partial charge in [-0.05, 0) is 18.8 Å². The van der Waals surface area contributed by atoms with Crippen LogP contribution >= 0.6 is 0 Å². The molecular formula is C12H22O5. The zero-order valence-corrected chi connectivity index (χ0v) is 10.7. The Hall–Kier alpha value is -1.10. The molecule has 0 aliphatic heterocycles. The van der Waals surface area contributed by atoms with E-state index in [-0.39, 0.29) is 18.9 Å². The van der Waals surface area contributed by atoms with Crippen molar-refractivity contribution in [1.29, 1.82) is 0 Å². The maximum Gasteiger partial charge on any atom is 0.336 e. The van der Waals surface area contributed by atoms with Crippen LogP contribution in [0.1, 0.15) is 46.5 Å². The zero-order chi connectivity index (χ0) is 13.5. The average molecular weight is 246 g/mol. The molecule has 17 heavy (non-hydrogen) atoms. The number of carboxylic acid groups (broad SMARTS) is 2. The van der Waals surface area contributed by atoms with Gasteiger partial charge in [-0.1, -0.05) is 27.2 Å². The number of hydrogen-bond donors (Lipinski definition) is 2. The summed E-state index contributed by atoms with van der Waals surface area (Å²) in [5.41, 5.74) is -1.59. The molecule has 0 spiro atoms. The molecule has 0 rings (SSSR count).